The molecule has 18 heavy (non-hydrogen) atoms. The van der Waals surface area contributed by atoms with E-state index in [1.165, 1.54) is 32.4 Å². The van der Waals surface area contributed by atoms with Gasteiger partial charge in [-0.2, -0.15) is 0 Å². The van der Waals surface area contributed by atoms with Gasteiger partial charge in [0.1, 0.15) is 8.24 Å². The molecule has 2 aliphatic carbocycles. The molecular formula is C15H26N2Si. The Kier molecular flexibility index (Phi) is 3.24. The molecule has 0 aromatic rings. The Morgan fingerprint density at radius 1 is 1.06 bits per heavy atom. The molecule has 0 spiro atoms. The van der Waals surface area contributed by atoms with Gasteiger partial charge in [-0.15, -0.1) is 0 Å². The van der Waals surface area contributed by atoms with Crippen LogP contribution in [0.3, 0.4) is 0 Å². The molecule has 3 heteroatoms. The monoisotopic (exact) mass is 262 g/mol. The maximum atomic E-state index is 6.57. The lowest BCUT2D eigenvalue weighted by atomic mass is 9.89. The summed E-state index contributed by atoms with van der Waals surface area (Å²) in [7, 11) is -1.54. The molecule has 0 amide bonds. The van der Waals surface area contributed by atoms with Gasteiger partial charge in [-0.25, -0.2) is 0 Å². The smallest absolute Gasteiger partial charge is 0.120 e. The topological polar surface area (TPSA) is 29.3 Å². The fourth-order valence-electron chi connectivity index (χ4n) is 4.27. The minimum absolute atomic E-state index is 0.715. The Hall–Kier alpha value is -0.383. The average molecular weight is 262 g/mol. The number of nitrogens with zero attached hydrogens (tertiary/aromatic N) is 1. The highest BCUT2D eigenvalue weighted by molar-refractivity contribution is 6.75. The third kappa shape index (κ3) is 2.13. The van der Waals surface area contributed by atoms with Crippen LogP contribution in [0.1, 0.15) is 19.3 Å². The van der Waals surface area contributed by atoms with Crippen LogP contribution in [0.25, 0.3) is 0 Å². The predicted molar refractivity (Wildman–Crippen MR) is 79.9 cm³/mol. The lowest BCUT2D eigenvalue weighted by Crippen LogP contribution is -2.45. The van der Waals surface area contributed by atoms with E-state index in [0.29, 0.717) is 5.92 Å². The molecule has 1 saturated carbocycles. The third-order valence-corrected chi connectivity index (χ3v) is 7.72. The lowest BCUT2D eigenvalue weighted by molar-refractivity contribution is 0.210. The zero-order chi connectivity index (χ0) is 12.8. The summed E-state index contributed by atoms with van der Waals surface area (Å²) in [6.07, 6.45) is 13.5. The second-order valence-corrected chi connectivity index (χ2v) is 11.3. The molecule has 3 aliphatic rings. The fourth-order valence-corrected chi connectivity index (χ4v) is 6.44. The van der Waals surface area contributed by atoms with Crippen molar-refractivity contribution in [1.82, 2.24) is 4.90 Å². The maximum Gasteiger partial charge on any atom is 0.120 e. The molecule has 2 fully saturated rings. The molecule has 2 N–H and O–H groups in total. The number of nitrogens with two attached hydrogens (primary N) is 1. The first-order valence-corrected chi connectivity index (χ1v) is 10.6. The second-order valence-electron chi connectivity index (χ2n) is 6.90. The molecule has 100 valence electrons. The van der Waals surface area contributed by atoms with Crippen LogP contribution in [-0.2, 0) is 0 Å². The quantitative estimate of drug-likeness (QED) is 0.775. The number of allylic oxidation sites excluding steroid dienone is 3. The molecule has 4 atom stereocenters. The van der Waals surface area contributed by atoms with Gasteiger partial charge in [-0.3, -0.25) is 4.90 Å². The first-order valence-electron chi connectivity index (χ1n) is 7.45. The van der Waals surface area contributed by atoms with Crippen LogP contribution in [0.5, 0.6) is 0 Å². The zero-order valence-electron chi connectivity index (χ0n) is 11.7. The SMILES string of the molecule is C[Si](C)(N)C1CC(N2CCCC2)C2C=CC=CC21. The number of hydrogen-bond acceptors (Lipinski definition) is 2. The van der Waals surface area contributed by atoms with Gasteiger partial charge in [0.2, 0.25) is 0 Å². The van der Waals surface area contributed by atoms with E-state index < -0.39 is 8.24 Å². The van der Waals surface area contributed by atoms with Crippen molar-refractivity contribution in [1.29, 1.82) is 0 Å². The van der Waals surface area contributed by atoms with Crippen LogP contribution in [0.2, 0.25) is 18.6 Å². The summed E-state index contributed by atoms with van der Waals surface area (Å²) in [4.78, 5) is 2.74. The van der Waals surface area contributed by atoms with Crippen molar-refractivity contribution >= 4 is 8.24 Å². The Morgan fingerprint density at radius 3 is 2.28 bits per heavy atom. The predicted octanol–water partition coefficient (Wildman–Crippen LogP) is 2.75. The zero-order valence-corrected chi connectivity index (χ0v) is 12.7. The summed E-state index contributed by atoms with van der Waals surface area (Å²) in [6, 6.07) is 0.763. The first-order chi connectivity index (χ1) is 8.57. The maximum absolute atomic E-state index is 6.57. The van der Waals surface area contributed by atoms with Gasteiger partial charge < -0.3 is 5.40 Å². The Morgan fingerprint density at radius 2 is 1.67 bits per heavy atom. The van der Waals surface area contributed by atoms with E-state index in [-0.39, 0.29) is 0 Å². The van der Waals surface area contributed by atoms with Crippen molar-refractivity contribution in [3.05, 3.63) is 24.3 Å². The molecule has 3 rings (SSSR count). The molecular weight excluding hydrogens is 236 g/mol. The van der Waals surface area contributed by atoms with E-state index in [4.69, 9.17) is 5.40 Å². The lowest BCUT2D eigenvalue weighted by Gasteiger charge is -2.31. The second kappa shape index (κ2) is 4.62. The normalized spacial score (nSPS) is 40.4. The number of likely N-dealkylation sites (tertiary alicyclic amines) is 1. The van der Waals surface area contributed by atoms with E-state index in [9.17, 15) is 0 Å². The molecule has 0 aromatic carbocycles. The molecule has 0 aromatic heterocycles. The van der Waals surface area contributed by atoms with E-state index in [2.05, 4.69) is 42.3 Å². The van der Waals surface area contributed by atoms with Crippen LogP contribution in [-0.4, -0.2) is 32.3 Å². The molecule has 1 aliphatic heterocycles. The van der Waals surface area contributed by atoms with Crippen LogP contribution in [0.15, 0.2) is 24.3 Å². The van der Waals surface area contributed by atoms with Crippen LogP contribution in [0.4, 0.5) is 0 Å². The molecule has 4 unspecified atom stereocenters. The van der Waals surface area contributed by atoms with Crippen molar-refractivity contribution < 1.29 is 0 Å². The third-order valence-electron chi connectivity index (χ3n) is 5.19. The van der Waals surface area contributed by atoms with Gasteiger partial charge in [-0.1, -0.05) is 37.4 Å². The van der Waals surface area contributed by atoms with Crippen molar-refractivity contribution in [2.75, 3.05) is 13.1 Å². The minimum atomic E-state index is -1.54. The molecule has 0 radical (unpaired) electrons. The van der Waals surface area contributed by atoms with Crippen molar-refractivity contribution in [3.8, 4) is 0 Å². The van der Waals surface area contributed by atoms with Crippen LogP contribution in [0, 0.1) is 11.8 Å². The molecule has 0 bridgehead atoms. The van der Waals surface area contributed by atoms with Crippen molar-refractivity contribution in [2.45, 2.75) is 43.9 Å². The number of fused-ring (bicyclic) bond motifs is 1. The van der Waals surface area contributed by atoms with E-state index in [1.54, 1.807) is 0 Å². The molecule has 1 heterocycles. The van der Waals surface area contributed by atoms with Gasteiger partial charge in [0.05, 0.1) is 0 Å². The van der Waals surface area contributed by atoms with E-state index in [0.717, 1.165) is 17.5 Å². The summed E-state index contributed by atoms with van der Waals surface area (Å²) < 4.78 is 0. The number of rotatable bonds is 2. The highest BCUT2D eigenvalue weighted by Gasteiger charge is 2.49. The molecule has 1 saturated heterocycles. The number of hydrogen-bond donors (Lipinski definition) is 1. The summed E-state index contributed by atoms with van der Waals surface area (Å²) >= 11 is 0. The van der Waals surface area contributed by atoms with E-state index in [1.807, 2.05) is 0 Å². The summed E-state index contributed by atoms with van der Waals surface area (Å²) in [5.41, 5.74) is 0.759. The van der Waals surface area contributed by atoms with Gasteiger partial charge in [0, 0.05) is 6.04 Å². The largest absolute Gasteiger partial charge is 0.351 e. The highest BCUT2D eigenvalue weighted by Crippen LogP contribution is 2.50. The van der Waals surface area contributed by atoms with E-state index >= 15 is 0 Å². The summed E-state index contributed by atoms with van der Waals surface area (Å²) in [6.45, 7) is 7.30. The fraction of sp³-hybridized carbons (Fsp3) is 0.733. The summed E-state index contributed by atoms with van der Waals surface area (Å²) in [5, 5.41) is 6.57. The first kappa shape index (κ1) is 12.6. The standard InChI is InChI=1S/C15H26N2Si/c1-18(2,16)15-11-14(17-9-5-6-10-17)12-7-3-4-8-13(12)15/h3-4,7-8,12-15H,5-6,9-11,16H2,1-2H3. The Labute approximate surface area is 112 Å². The van der Waals surface area contributed by atoms with Crippen molar-refractivity contribution in [2.24, 2.45) is 17.2 Å². The van der Waals surface area contributed by atoms with Gasteiger partial charge in [0.25, 0.3) is 0 Å². The Balaban J connectivity index is 1.84. The van der Waals surface area contributed by atoms with Crippen molar-refractivity contribution in [3.63, 3.8) is 0 Å². The van der Waals surface area contributed by atoms with Crippen LogP contribution >= 0.6 is 0 Å². The summed E-state index contributed by atoms with van der Waals surface area (Å²) in [5.74, 6) is 1.45. The van der Waals surface area contributed by atoms with Gasteiger partial charge in [-0.05, 0) is 49.7 Å². The Bertz CT molecular complexity index is 363. The average Bonchev–Trinajstić information content (AvgIpc) is 2.94. The van der Waals surface area contributed by atoms with Crippen LogP contribution < -0.4 is 5.40 Å². The minimum Gasteiger partial charge on any atom is -0.351 e. The molecule has 2 nitrogen and oxygen atoms in total. The van der Waals surface area contributed by atoms with Gasteiger partial charge in [0.15, 0.2) is 0 Å². The highest BCUT2D eigenvalue weighted by atomic mass is 28.3. The van der Waals surface area contributed by atoms with Gasteiger partial charge >= 0.3 is 0 Å².